The van der Waals surface area contributed by atoms with Crippen LogP contribution in [0.2, 0.25) is 0 Å². The lowest BCUT2D eigenvalue weighted by atomic mass is 9.53. The molecule has 0 saturated carbocycles. The Labute approximate surface area is 135 Å². The molecule has 0 radical (unpaired) electrons. The number of rotatable bonds is 1. The van der Waals surface area contributed by atoms with Crippen LogP contribution in [0, 0.1) is 5.92 Å². The van der Waals surface area contributed by atoms with E-state index in [4.69, 9.17) is 21.1 Å². The topological polar surface area (TPSA) is 21.7 Å². The Hall–Kier alpha value is -1.19. The maximum Gasteiger partial charge on any atom is 0.166 e. The molecular weight excluding hydrogens is 298 g/mol. The zero-order valence-corrected chi connectivity index (χ0v) is 13.6. The zero-order chi connectivity index (χ0) is 15.1. The number of ether oxygens (including phenoxy) is 2. The lowest BCUT2D eigenvalue weighted by Gasteiger charge is -2.57. The number of halogens is 1. The van der Waals surface area contributed by atoms with Crippen molar-refractivity contribution in [3.63, 3.8) is 0 Å². The molecule has 0 aromatic heterocycles. The van der Waals surface area contributed by atoms with Gasteiger partial charge in [0.25, 0.3) is 0 Å². The van der Waals surface area contributed by atoms with Gasteiger partial charge in [0, 0.05) is 22.9 Å². The van der Waals surface area contributed by atoms with Crippen molar-refractivity contribution in [1.82, 2.24) is 4.90 Å². The third-order valence-corrected chi connectivity index (χ3v) is 6.76. The number of hydrogen-bond acceptors (Lipinski definition) is 3. The van der Waals surface area contributed by atoms with Gasteiger partial charge in [0.05, 0.1) is 12.5 Å². The van der Waals surface area contributed by atoms with Crippen molar-refractivity contribution in [1.29, 1.82) is 0 Å². The Kier molecular flexibility index (Phi) is 2.54. The van der Waals surface area contributed by atoms with Crippen molar-refractivity contribution in [3.8, 4) is 11.5 Å². The van der Waals surface area contributed by atoms with Crippen LogP contribution in [0.25, 0.3) is 0 Å². The van der Waals surface area contributed by atoms with Gasteiger partial charge in [-0.2, -0.15) is 0 Å². The fourth-order valence-corrected chi connectivity index (χ4v) is 5.89. The quantitative estimate of drug-likeness (QED) is 0.587. The van der Waals surface area contributed by atoms with Gasteiger partial charge in [-0.25, -0.2) is 0 Å². The van der Waals surface area contributed by atoms with E-state index in [-0.39, 0.29) is 16.9 Å². The van der Waals surface area contributed by atoms with Crippen LogP contribution in [-0.2, 0) is 11.8 Å². The number of alkyl halides is 1. The largest absolute Gasteiger partial charge is 0.493 e. The van der Waals surface area contributed by atoms with E-state index in [0.717, 1.165) is 30.9 Å². The van der Waals surface area contributed by atoms with E-state index in [1.54, 1.807) is 7.11 Å². The Morgan fingerprint density at radius 2 is 2.23 bits per heavy atom. The molecule has 2 heterocycles. The fourth-order valence-electron chi connectivity index (χ4n) is 5.41. The van der Waals surface area contributed by atoms with E-state index >= 15 is 0 Å². The first kappa shape index (κ1) is 13.3. The predicted molar refractivity (Wildman–Crippen MR) is 86.1 cm³/mol. The standard InChI is InChI=1S/C18H20ClNO2/c1-20-8-7-18-14-6-4-11(19)16(18)12(20)9-10-3-5-13(21-2)17(22-14)15(10)18/h3-6,11-12,14,16H,7-9H2,1-2H3/t11-,12+,14-,16-,18+/m0/s1. The number of piperidine rings is 1. The second kappa shape index (κ2) is 4.21. The van der Waals surface area contributed by atoms with E-state index in [1.165, 1.54) is 11.1 Å². The normalized spacial score (nSPS) is 41.0. The maximum absolute atomic E-state index is 6.78. The summed E-state index contributed by atoms with van der Waals surface area (Å²) in [6.07, 6.45) is 6.60. The van der Waals surface area contributed by atoms with Crippen molar-refractivity contribution < 1.29 is 9.47 Å². The third kappa shape index (κ3) is 1.34. The second-order valence-corrected chi connectivity index (χ2v) is 7.57. The second-order valence-electron chi connectivity index (χ2n) is 7.07. The first-order chi connectivity index (χ1) is 10.7. The monoisotopic (exact) mass is 317 g/mol. The van der Waals surface area contributed by atoms with Crippen LogP contribution in [-0.4, -0.2) is 43.1 Å². The SMILES string of the molecule is COc1ccc2c3c1O[C@H]1C=C[C@H](Cl)[C@H]4[C@@H](C2)N(C)CC[C@@]341. The molecule has 0 amide bonds. The van der Waals surface area contributed by atoms with Crippen LogP contribution in [0.4, 0.5) is 0 Å². The van der Waals surface area contributed by atoms with E-state index in [9.17, 15) is 0 Å². The minimum Gasteiger partial charge on any atom is -0.493 e. The molecular formula is C18H20ClNO2. The van der Waals surface area contributed by atoms with Gasteiger partial charge >= 0.3 is 0 Å². The average Bonchev–Trinajstić information content (AvgIpc) is 2.86. The summed E-state index contributed by atoms with van der Waals surface area (Å²) in [7, 11) is 3.96. The van der Waals surface area contributed by atoms with Crippen LogP contribution in [0.1, 0.15) is 17.5 Å². The van der Waals surface area contributed by atoms with E-state index < -0.39 is 0 Å². The van der Waals surface area contributed by atoms with Gasteiger partial charge in [0.15, 0.2) is 11.5 Å². The van der Waals surface area contributed by atoms with Gasteiger partial charge in [0.1, 0.15) is 6.10 Å². The van der Waals surface area contributed by atoms with Gasteiger partial charge in [-0.3, -0.25) is 0 Å². The molecule has 116 valence electrons. The van der Waals surface area contributed by atoms with Crippen LogP contribution in [0.5, 0.6) is 11.5 Å². The van der Waals surface area contributed by atoms with Crippen LogP contribution in [0.15, 0.2) is 24.3 Å². The Morgan fingerprint density at radius 1 is 1.36 bits per heavy atom. The fraction of sp³-hybridized carbons (Fsp3) is 0.556. The number of methoxy groups -OCH3 is 1. The molecule has 1 fully saturated rings. The van der Waals surface area contributed by atoms with Crippen LogP contribution in [0.3, 0.4) is 0 Å². The van der Waals surface area contributed by atoms with Gasteiger partial charge in [-0.05, 0) is 44.1 Å². The molecule has 1 aromatic rings. The van der Waals surface area contributed by atoms with Crippen LogP contribution >= 0.6 is 11.6 Å². The Bertz CT molecular complexity index is 688. The van der Waals surface area contributed by atoms with Crippen molar-refractivity contribution in [2.75, 3.05) is 20.7 Å². The molecule has 1 aromatic carbocycles. The summed E-state index contributed by atoms with van der Waals surface area (Å²) in [6, 6.07) is 4.79. The molecule has 1 spiro atoms. The Balaban J connectivity index is 1.83. The molecule has 4 aliphatic rings. The molecule has 1 saturated heterocycles. The zero-order valence-electron chi connectivity index (χ0n) is 12.9. The van der Waals surface area contributed by atoms with Crippen molar-refractivity contribution >= 4 is 11.6 Å². The van der Waals surface area contributed by atoms with Gasteiger partial charge in [-0.1, -0.05) is 12.1 Å². The number of likely N-dealkylation sites (tertiary alicyclic amines) is 1. The van der Waals surface area contributed by atoms with E-state index in [2.05, 4.69) is 36.2 Å². The molecule has 22 heavy (non-hydrogen) atoms. The van der Waals surface area contributed by atoms with Gasteiger partial charge < -0.3 is 14.4 Å². The lowest BCUT2D eigenvalue weighted by Crippen LogP contribution is -2.65. The average molecular weight is 318 g/mol. The summed E-state index contributed by atoms with van der Waals surface area (Å²) in [4.78, 5) is 2.49. The minimum atomic E-state index is 0.0375. The van der Waals surface area contributed by atoms with Crippen molar-refractivity contribution in [2.24, 2.45) is 5.92 Å². The highest BCUT2D eigenvalue weighted by atomic mass is 35.5. The third-order valence-electron chi connectivity index (χ3n) is 6.34. The molecule has 0 unspecified atom stereocenters. The molecule has 5 rings (SSSR count). The van der Waals surface area contributed by atoms with Crippen molar-refractivity contribution in [2.45, 2.75) is 35.8 Å². The molecule has 5 atom stereocenters. The smallest absolute Gasteiger partial charge is 0.166 e. The summed E-state index contributed by atoms with van der Waals surface area (Å²) in [5, 5.41) is 0.0814. The van der Waals surface area contributed by atoms with E-state index in [0.29, 0.717) is 12.0 Å². The Morgan fingerprint density at radius 3 is 3.05 bits per heavy atom. The highest BCUT2D eigenvalue weighted by Crippen LogP contribution is 2.63. The van der Waals surface area contributed by atoms with E-state index in [1.807, 2.05) is 0 Å². The highest BCUT2D eigenvalue weighted by Gasteiger charge is 2.64. The molecule has 3 nitrogen and oxygen atoms in total. The van der Waals surface area contributed by atoms with Crippen molar-refractivity contribution in [3.05, 3.63) is 35.4 Å². The maximum atomic E-state index is 6.78. The molecule has 2 aliphatic carbocycles. The number of benzene rings is 1. The lowest BCUT2D eigenvalue weighted by molar-refractivity contribution is -0.00201. The number of nitrogens with zero attached hydrogens (tertiary/aromatic N) is 1. The highest BCUT2D eigenvalue weighted by molar-refractivity contribution is 6.22. The first-order valence-electron chi connectivity index (χ1n) is 8.06. The summed E-state index contributed by atoms with van der Waals surface area (Å²) in [5.74, 6) is 2.25. The summed E-state index contributed by atoms with van der Waals surface area (Å²) < 4.78 is 12.0. The summed E-state index contributed by atoms with van der Waals surface area (Å²) in [5.41, 5.74) is 2.85. The summed E-state index contributed by atoms with van der Waals surface area (Å²) in [6.45, 7) is 1.11. The first-order valence-corrected chi connectivity index (χ1v) is 8.50. The number of hydrogen-bond donors (Lipinski definition) is 0. The van der Waals surface area contributed by atoms with Gasteiger partial charge in [-0.15, -0.1) is 11.6 Å². The molecule has 2 bridgehead atoms. The molecule has 2 aliphatic heterocycles. The predicted octanol–water partition coefficient (Wildman–Crippen LogP) is 2.75. The van der Waals surface area contributed by atoms with Gasteiger partial charge in [0.2, 0.25) is 0 Å². The van der Waals surface area contributed by atoms with Crippen LogP contribution < -0.4 is 9.47 Å². The molecule has 0 N–H and O–H groups in total. The molecule has 4 heteroatoms. The summed E-state index contributed by atoms with van der Waals surface area (Å²) >= 11 is 6.78. The number of allylic oxidation sites excluding steroid dienone is 1. The number of likely N-dealkylation sites (N-methyl/N-ethyl adjacent to an activating group) is 1. The minimum absolute atomic E-state index is 0.0375.